The number of carbonyl (C=O) groups is 1. The Balaban J connectivity index is 1.26. The Bertz CT molecular complexity index is 1330. The van der Waals surface area contributed by atoms with E-state index in [1.54, 1.807) is 0 Å². The fourth-order valence-corrected chi connectivity index (χ4v) is 3.64. The number of H-pyrrole nitrogens is 1. The molecule has 0 fully saturated rings. The number of imidazole rings is 1. The van der Waals surface area contributed by atoms with Crippen LogP contribution in [-0.4, -0.2) is 36.1 Å². The summed E-state index contributed by atoms with van der Waals surface area (Å²) in [6.07, 6.45) is 0.591. The van der Waals surface area contributed by atoms with Crippen molar-refractivity contribution in [3.05, 3.63) is 102 Å². The molecule has 170 valence electrons. The highest BCUT2D eigenvalue weighted by atomic mass is 16.5. The third-order valence-corrected chi connectivity index (χ3v) is 5.25. The minimum atomic E-state index is -0.341. The summed E-state index contributed by atoms with van der Waals surface area (Å²) in [4.78, 5) is 22.2. The number of carbonyl (C=O) groups excluding carboxylic acids is 1. The molecule has 0 saturated heterocycles. The smallest absolute Gasteiger partial charge is 0.244 e. The first-order chi connectivity index (χ1) is 16.7. The van der Waals surface area contributed by atoms with Crippen LogP contribution >= 0.6 is 0 Å². The highest BCUT2D eigenvalue weighted by Gasteiger charge is 2.20. The molecule has 0 saturated carbocycles. The van der Waals surface area contributed by atoms with Gasteiger partial charge in [-0.15, -0.1) is 10.2 Å². The molecule has 0 aliphatic heterocycles. The molecular formula is C25H23N7O2. The van der Waals surface area contributed by atoms with Crippen molar-refractivity contribution in [2.45, 2.75) is 25.6 Å². The number of hydrogen-bond acceptors (Lipinski definition) is 6. The largest absolute Gasteiger partial charge is 0.485 e. The standard InChI is InChI=1S/C25H23N7O2/c33-24(16-32-30-23(29-31-32)17-34-19-11-5-2-6-12-19)26-22(15-18-9-3-1-4-10-18)25-27-20-13-7-8-14-21(20)28-25/h1-14,22H,15-17H2,(H,26,33)(H,27,28). The van der Waals surface area contributed by atoms with Crippen LogP contribution in [0, 0.1) is 0 Å². The van der Waals surface area contributed by atoms with E-state index < -0.39 is 0 Å². The van der Waals surface area contributed by atoms with Gasteiger partial charge >= 0.3 is 0 Å². The average molecular weight is 454 g/mol. The second-order valence-electron chi connectivity index (χ2n) is 7.79. The zero-order valence-corrected chi connectivity index (χ0v) is 18.3. The number of benzene rings is 3. The minimum absolute atomic E-state index is 0.0656. The van der Waals surface area contributed by atoms with E-state index in [1.807, 2.05) is 84.9 Å². The van der Waals surface area contributed by atoms with Gasteiger partial charge in [-0.1, -0.05) is 60.7 Å². The molecule has 34 heavy (non-hydrogen) atoms. The van der Waals surface area contributed by atoms with Crippen molar-refractivity contribution in [3.63, 3.8) is 0 Å². The van der Waals surface area contributed by atoms with Crippen molar-refractivity contribution in [2.75, 3.05) is 0 Å². The predicted octanol–water partition coefficient (Wildman–Crippen LogP) is 3.23. The first-order valence-corrected chi connectivity index (χ1v) is 11.0. The molecule has 0 radical (unpaired) electrons. The first-order valence-electron chi connectivity index (χ1n) is 11.0. The van der Waals surface area contributed by atoms with Crippen LogP contribution in [0.15, 0.2) is 84.9 Å². The van der Waals surface area contributed by atoms with E-state index >= 15 is 0 Å². The number of aromatic nitrogens is 6. The van der Waals surface area contributed by atoms with Crippen LogP contribution in [0.4, 0.5) is 0 Å². The predicted molar refractivity (Wildman–Crippen MR) is 126 cm³/mol. The van der Waals surface area contributed by atoms with Crippen LogP contribution in [0.2, 0.25) is 0 Å². The quantitative estimate of drug-likeness (QED) is 0.355. The summed E-state index contributed by atoms with van der Waals surface area (Å²) in [6.45, 7) is 0.102. The molecule has 9 nitrogen and oxygen atoms in total. The lowest BCUT2D eigenvalue weighted by atomic mass is 10.1. The molecule has 0 bridgehead atoms. The van der Waals surface area contributed by atoms with Gasteiger partial charge in [0.05, 0.1) is 17.1 Å². The Labute approximate surface area is 195 Å². The van der Waals surface area contributed by atoms with Gasteiger partial charge in [0.25, 0.3) is 0 Å². The van der Waals surface area contributed by atoms with Gasteiger partial charge in [0.15, 0.2) is 6.61 Å². The Kier molecular flexibility index (Phi) is 6.24. The first kappa shape index (κ1) is 21.3. The molecule has 2 heterocycles. The molecule has 0 aliphatic carbocycles. The molecule has 0 spiro atoms. The molecule has 1 amide bonds. The lowest BCUT2D eigenvalue weighted by Crippen LogP contribution is -2.34. The summed E-state index contributed by atoms with van der Waals surface area (Å²) in [6, 6.07) is 26.8. The van der Waals surface area contributed by atoms with E-state index in [1.165, 1.54) is 4.80 Å². The topological polar surface area (TPSA) is 111 Å². The van der Waals surface area contributed by atoms with Crippen LogP contribution in [0.5, 0.6) is 5.75 Å². The zero-order chi connectivity index (χ0) is 23.2. The number of nitrogens with one attached hydrogen (secondary N) is 2. The number of fused-ring (bicyclic) bond motifs is 1. The lowest BCUT2D eigenvalue weighted by molar-refractivity contribution is -0.122. The Hall–Kier alpha value is -4.53. The van der Waals surface area contributed by atoms with Gasteiger partial charge in [-0.05, 0) is 41.5 Å². The summed E-state index contributed by atoms with van der Waals surface area (Å²) in [5.41, 5.74) is 2.86. The number of tetrazole rings is 1. The Morgan fingerprint density at radius 1 is 0.971 bits per heavy atom. The van der Waals surface area contributed by atoms with Crippen molar-refractivity contribution in [2.24, 2.45) is 0 Å². The van der Waals surface area contributed by atoms with Crippen molar-refractivity contribution >= 4 is 16.9 Å². The van der Waals surface area contributed by atoms with E-state index in [0.29, 0.717) is 23.8 Å². The summed E-state index contributed by atoms with van der Waals surface area (Å²) in [7, 11) is 0. The minimum Gasteiger partial charge on any atom is -0.485 e. The second kappa shape index (κ2) is 9.95. The van der Waals surface area contributed by atoms with Crippen molar-refractivity contribution in [3.8, 4) is 5.75 Å². The summed E-state index contributed by atoms with van der Waals surface area (Å²) >= 11 is 0. The third kappa shape index (κ3) is 5.26. The number of aromatic amines is 1. The van der Waals surface area contributed by atoms with Crippen molar-refractivity contribution in [1.82, 2.24) is 35.5 Å². The van der Waals surface area contributed by atoms with E-state index in [2.05, 4.69) is 30.7 Å². The van der Waals surface area contributed by atoms with Crippen LogP contribution < -0.4 is 10.1 Å². The van der Waals surface area contributed by atoms with Gasteiger partial charge in [-0.25, -0.2) is 4.98 Å². The van der Waals surface area contributed by atoms with Crippen LogP contribution in [0.25, 0.3) is 11.0 Å². The molecular weight excluding hydrogens is 430 g/mol. The van der Waals surface area contributed by atoms with Gasteiger partial charge in [0.2, 0.25) is 11.7 Å². The molecule has 3 aromatic carbocycles. The van der Waals surface area contributed by atoms with Crippen LogP contribution in [0.1, 0.15) is 23.3 Å². The average Bonchev–Trinajstić information content (AvgIpc) is 3.50. The number of nitrogens with zero attached hydrogens (tertiary/aromatic N) is 5. The van der Waals surface area contributed by atoms with E-state index in [9.17, 15) is 4.79 Å². The van der Waals surface area contributed by atoms with E-state index in [4.69, 9.17) is 4.74 Å². The van der Waals surface area contributed by atoms with E-state index in [-0.39, 0.29) is 25.1 Å². The molecule has 1 unspecified atom stereocenters. The van der Waals surface area contributed by atoms with E-state index in [0.717, 1.165) is 16.6 Å². The summed E-state index contributed by atoms with van der Waals surface area (Å²) in [5.74, 6) is 1.57. The van der Waals surface area contributed by atoms with Gasteiger partial charge in [-0.2, -0.15) is 4.80 Å². The Morgan fingerprint density at radius 2 is 1.71 bits per heavy atom. The molecule has 2 N–H and O–H groups in total. The van der Waals surface area contributed by atoms with Crippen molar-refractivity contribution in [1.29, 1.82) is 0 Å². The maximum absolute atomic E-state index is 12.9. The number of hydrogen-bond donors (Lipinski definition) is 2. The van der Waals surface area contributed by atoms with Gasteiger partial charge in [0, 0.05) is 0 Å². The molecule has 1 atom stereocenters. The van der Waals surface area contributed by atoms with Gasteiger partial charge < -0.3 is 15.0 Å². The molecule has 0 aliphatic rings. The number of rotatable bonds is 9. The highest BCUT2D eigenvalue weighted by molar-refractivity contribution is 5.77. The third-order valence-electron chi connectivity index (χ3n) is 5.25. The fraction of sp³-hybridized carbons (Fsp3) is 0.160. The summed E-state index contributed by atoms with van der Waals surface area (Å²) in [5, 5.41) is 15.3. The molecule has 5 rings (SSSR count). The van der Waals surface area contributed by atoms with Crippen molar-refractivity contribution < 1.29 is 9.53 Å². The van der Waals surface area contributed by atoms with Gasteiger partial charge in [0.1, 0.15) is 18.1 Å². The second-order valence-corrected chi connectivity index (χ2v) is 7.79. The zero-order valence-electron chi connectivity index (χ0n) is 18.3. The molecule has 9 heteroatoms. The Morgan fingerprint density at radius 3 is 2.50 bits per heavy atom. The maximum Gasteiger partial charge on any atom is 0.244 e. The van der Waals surface area contributed by atoms with Crippen LogP contribution in [0.3, 0.4) is 0 Å². The fourth-order valence-electron chi connectivity index (χ4n) is 3.64. The number of para-hydroxylation sites is 3. The van der Waals surface area contributed by atoms with Gasteiger partial charge in [-0.3, -0.25) is 4.79 Å². The maximum atomic E-state index is 12.9. The molecule has 5 aromatic rings. The highest BCUT2D eigenvalue weighted by Crippen LogP contribution is 2.20. The SMILES string of the molecule is O=C(Cn1nnc(COc2ccccc2)n1)NC(Cc1ccccc1)c1nc2ccccc2[nH]1. The summed E-state index contributed by atoms with van der Waals surface area (Å²) < 4.78 is 5.64. The molecule has 2 aromatic heterocycles. The monoisotopic (exact) mass is 453 g/mol. The number of amides is 1. The normalized spacial score (nSPS) is 11.9. The number of ether oxygens (including phenoxy) is 1. The lowest BCUT2D eigenvalue weighted by Gasteiger charge is -2.16. The van der Waals surface area contributed by atoms with Crippen LogP contribution in [-0.2, 0) is 24.4 Å².